The topological polar surface area (TPSA) is 46.2 Å². The van der Waals surface area contributed by atoms with E-state index in [1.165, 1.54) is 25.5 Å². The van der Waals surface area contributed by atoms with Crippen molar-refractivity contribution in [1.82, 2.24) is 5.32 Å². The molecule has 0 aromatic rings. The lowest BCUT2D eigenvalue weighted by molar-refractivity contribution is 0.175. The van der Waals surface area contributed by atoms with Crippen molar-refractivity contribution in [3.8, 4) is 0 Å². The Kier molecular flexibility index (Phi) is 6.67. The molecule has 5 heteroatoms. The van der Waals surface area contributed by atoms with Gasteiger partial charge in [0.05, 0.1) is 5.75 Å². The fourth-order valence-corrected chi connectivity index (χ4v) is 5.71. The molecule has 2 unspecified atom stereocenters. The number of thioether (sulfide) groups is 1. The van der Waals surface area contributed by atoms with E-state index < -0.39 is 9.84 Å². The minimum Gasteiger partial charge on any atom is -0.312 e. The van der Waals surface area contributed by atoms with E-state index in [2.05, 4.69) is 26.1 Å². The van der Waals surface area contributed by atoms with Gasteiger partial charge in [-0.15, -0.1) is 0 Å². The zero-order chi connectivity index (χ0) is 14.5. The lowest BCUT2D eigenvalue weighted by atomic mass is 9.73. The molecular formula is C14H29NO2S2. The second kappa shape index (κ2) is 7.32. The summed E-state index contributed by atoms with van der Waals surface area (Å²) in [5.74, 6) is 1.03. The van der Waals surface area contributed by atoms with E-state index in [1.54, 1.807) is 0 Å². The molecule has 1 N–H and O–H groups in total. The summed E-state index contributed by atoms with van der Waals surface area (Å²) in [5, 5.41) is 4.24. The minimum absolute atomic E-state index is 0.301. The van der Waals surface area contributed by atoms with Crippen LogP contribution in [-0.4, -0.2) is 44.0 Å². The van der Waals surface area contributed by atoms with Crippen LogP contribution in [0.15, 0.2) is 0 Å². The first kappa shape index (κ1) is 17.3. The van der Waals surface area contributed by atoms with E-state index in [0.29, 0.717) is 22.5 Å². The average molecular weight is 308 g/mol. The summed E-state index contributed by atoms with van der Waals surface area (Å²) >= 11 is 1.84. The summed E-state index contributed by atoms with van der Waals surface area (Å²) in [6, 6.07) is 0.505. The normalized spacial score (nSPS) is 27.4. The van der Waals surface area contributed by atoms with Gasteiger partial charge < -0.3 is 5.32 Å². The van der Waals surface area contributed by atoms with E-state index in [-0.39, 0.29) is 0 Å². The molecule has 0 saturated heterocycles. The Hall–Kier alpha value is 0.260. The fourth-order valence-electron chi connectivity index (χ4n) is 2.82. The van der Waals surface area contributed by atoms with Gasteiger partial charge in [0.25, 0.3) is 0 Å². The van der Waals surface area contributed by atoms with Gasteiger partial charge >= 0.3 is 0 Å². The van der Waals surface area contributed by atoms with Gasteiger partial charge in [-0.1, -0.05) is 27.2 Å². The molecule has 0 amide bonds. The van der Waals surface area contributed by atoms with Crippen LogP contribution in [0, 0.1) is 5.41 Å². The molecule has 0 aromatic heterocycles. The molecule has 1 saturated carbocycles. The van der Waals surface area contributed by atoms with Gasteiger partial charge in [-0.3, -0.25) is 0 Å². The smallest absolute Gasteiger partial charge is 0.148 e. The minimum atomic E-state index is -2.83. The van der Waals surface area contributed by atoms with Crippen LogP contribution in [0.4, 0.5) is 0 Å². The van der Waals surface area contributed by atoms with Crippen LogP contribution in [0.1, 0.15) is 46.5 Å². The lowest BCUT2D eigenvalue weighted by Crippen LogP contribution is -2.51. The van der Waals surface area contributed by atoms with E-state index in [0.717, 1.165) is 18.7 Å². The monoisotopic (exact) mass is 307 g/mol. The third-order valence-corrected chi connectivity index (χ3v) is 6.50. The number of hydrogen-bond acceptors (Lipinski definition) is 4. The quantitative estimate of drug-likeness (QED) is 0.785. The number of hydrogen-bond donors (Lipinski definition) is 1. The Bertz CT molecular complexity index is 366. The van der Waals surface area contributed by atoms with E-state index in [4.69, 9.17) is 0 Å². The molecule has 0 radical (unpaired) electrons. The Labute approximate surface area is 123 Å². The second-order valence-corrected chi connectivity index (χ2v) is 9.96. The largest absolute Gasteiger partial charge is 0.312 e. The average Bonchev–Trinajstić information content (AvgIpc) is 2.25. The zero-order valence-electron chi connectivity index (χ0n) is 12.7. The predicted octanol–water partition coefficient (Wildman–Crippen LogP) is 2.71. The summed E-state index contributed by atoms with van der Waals surface area (Å²) < 4.78 is 22.4. The van der Waals surface area contributed by atoms with Gasteiger partial charge in [-0.2, -0.15) is 11.8 Å². The first-order valence-corrected chi connectivity index (χ1v) is 10.4. The molecule has 1 fully saturated rings. The van der Waals surface area contributed by atoms with Crippen molar-refractivity contribution >= 4 is 21.6 Å². The third kappa shape index (κ3) is 6.05. The molecule has 1 aliphatic carbocycles. The molecule has 114 valence electrons. The highest BCUT2D eigenvalue weighted by Crippen LogP contribution is 2.40. The van der Waals surface area contributed by atoms with E-state index in [9.17, 15) is 8.42 Å². The van der Waals surface area contributed by atoms with Gasteiger partial charge in [0.2, 0.25) is 0 Å². The molecule has 1 aliphatic rings. The van der Waals surface area contributed by atoms with Crippen LogP contribution in [0.5, 0.6) is 0 Å². The molecule has 19 heavy (non-hydrogen) atoms. The van der Waals surface area contributed by atoms with Crippen LogP contribution in [0.25, 0.3) is 0 Å². The summed E-state index contributed by atoms with van der Waals surface area (Å²) in [5.41, 5.74) is 0.316. The van der Waals surface area contributed by atoms with Crippen molar-refractivity contribution in [2.24, 2.45) is 5.41 Å². The molecule has 1 rings (SSSR count). The highest BCUT2D eigenvalue weighted by molar-refractivity contribution is 8.01. The molecule has 0 aliphatic heterocycles. The Morgan fingerprint density at radius 2 is 2.05 bits per heavy atom. The molecule has 0 heterocycles. The summed E-state index contributed by atoms with van der Waals surface area (Å²) in [6.45, 7) is 7.92. The maximum Gasteiger partial charge on any atom is 0.148 e. The molecule has 2 atom stereocenters. The molecule has 0 bridgehead atoms. The predicted molar refractivity (Wildman–Crippen MR) is 85.7 cm³/mol. The van der Waals surface area contributed by atoms with Crippen molar-refractivity contribution in [3.05, 3.63) is 0 Å². The van der Waals surface area contributed by atoms with Crippen molar-refractivity contribution in [2.75, 3.05) is 24.3 Å². The van der Waals surface area contributed by atoms with Gasteiger partial charge in [0.15, 0.2) is 0 Å². The Morgan fingerprint density at radius 1 is 1.37 bits per heavy atom. The summed E-state index contributed by atoms with van der Waals surface area (Å²) in [4.78, 5) is 0. The van der Waals surface area contributed by atoms with Crippen LogP contribution in [-0.2, 0) is 9.84 Å². The first-order chi connectivity index (χ1) is 8.76. The summed E-state index contributed by atoms with van der Waals surface area (Å²) in [7, 11) is -2.83. The maximum atomic E-state index is 11.2. The van der Waals surface area contributed by atoms with Gasteiger partial charge in [-0.05, 0) is 31.2 Å². The Morgan fingerprint density at radius 3 is 2.63 bits per heavy atom. The van der Waals surface area contributed by atoms with Crippen molar-refractivity contribution < 1.29 is 8.42 Å². The Balaban J connectivity index is 2.56. The molecular weight excluding hydrogens is 278 g/mol. The third-order valence-electron chi connectivity index (χ3n) is 3.92. The fraction of sp³-hybridized carbons (Fsp3) is 1.00. The first-order valence-electron chi connectivity index (χ1n) is 7.29. The van der Waals surface area contributed by atoms with Gasteiger partial charge in [-0.25, -0.2) is 8.42 Å². The maximum absolute atomic E-state index is 11.2. The van der Waals surface area contributed by atoms with Gasteiger partial charge in [0.1, 0.15) is 9.84 Å². The van der Waals surface area contributed by atoms with E-state index >= 15 is 0 Å². The van der Waals surface area contributed by atoms with Crippen LogP contribution in [0.3, 0.4) is 0 Å². The van der Waals surface area contributed by atoms with E-state index in [1.807, 2.05) is 11.8 Å². The number of sulfone groups is 1. The summed E-state index contributed by atoms with van der Waals surface area (Å²) in [6.07, 6.45) is 6.20. The molecule has 0 spiro atoms. The lowest BCUT2D eigenvalue weighted by Gasteiger charge is -2.44. The van der Waals surface area contributed by atoms with Crippen molar-refractivity contribution in [3.63, 3.8) is 0 Å². The standard InChI is InChI=1S/C14H29NO2S2/c1-5-9-15-13-12(7-6-8-14(13,2)3)18-10-11-19(4,16)17/h12-13,15H,5-11H2,1-4H3. The van der Waals surface area contributed by atoms with Crippen molar-refractivity contribution in [1.29, 1.82) is 0 Å². The molecule has 0 aromatic carbocycles. The second-order valence-electron chi connectivity index (χ2n) is 6.35. The molecule has 3 nitrogen and oxygen atoms in total. The van der Waals surface area contributed by atoms with Crippen LogP contribution >= 0.6 is 11.8 Å². The zero-order valence-corrected chi connectivity index (χ0v) is 14.4. The van der Waals surface area contributed by atoms with Gasteiger partial charge in [0, 0.05) is 23.3 Å². The number of rotatable bonds is 7. The number of nitrogens with one attached hydrogen (secondary N) is 1. The highest BCUT2D eigenvalue weighted by atomic mass is 32.2. The highest BCUT2D eigenvalue weighted by Gasteiger charge is 2.38. The van der Waals surface area contributed by atoms with Crippen molar-refractivity contribution in [2.45, 2.75) is 57.7 Å². The SMILES string of the molecule is CCCNC1C(SCCS(C)(=O)=O)CCCC1(C)C. The van der Waals surface area contributed by atoms with Crippen LogP contribution < -0.4 is 5.32 Å². The van der Waals surface area contributed by atoms with Crippen LogP contribution in [0.2, 0.25) is 0 Å².